The Morgan fingerprint density at radius 1 is 1.64 bits per heavy atom. The lowest BCUT2D eigenvalue weighted by Crippen LogP contribution is -2.32. The Morgan fingerprint density at radius 3 is 2.93 bits per heavy atom. The van der Waals surface area contributed by atoms with Gasteiger partial charge in [0.2, 0.25) is 0 Å². The second kappa shape index (κ2) is 4.77. The first-order valence-electron chi connectivity index (χ1n) is 5.26. The van der Waals surface area contributed by atoms with E-state index in [1.54, 1.807) is 0 Å². The molecule has 14 heavy (non-hydrogen) atoms. The molecule has 1 unspecified atom stereocenters. The molecule has 78 valence electrons. The number of nitrogens with one attached hydrogen (secondary N) is 1. The Kier molecular flexibility index (Phi) is 3.63. The number of hydrogen-bond acceptors (Lipinski definition) is 2. The van der Waals surface area contributed by atoms with Gasteiger partial charge >= 0.3 is 0 Å². The highest BCUT2D eigenvalue weighted by Gasteiger charge is 2.30. The average molecular weight is 274 g/mol. The Bertz CT molecular complexity index is 293. The molecule has 1 heterocycles. The maximum absolute atomic E-state index is 3.59. The van der Waals surface area contributed by atoms with Crippen LogP contribution in [0.2, 0.25) is 0 Å². The summed E-state index contributed by atoms with van der Waals surface area (Å²) in [4.78, 5) is 1.50. The normalized spacial score (nSPS) is 18.4. The summed E-state index contributed by atoms with van der Waals surface area (Å²) in [6, 6.07) is 2.96. The molecule has 1 aliphatic rings. The predicted molar refractivity (Wildman–Crippen MR) is 65.9 cm³/mol. The van der Waals surface area contributed by atoms with Crippen molar-refractivity contribution < 1.29 is 0 Å². The van der Waals surface area contributed by atoms with Gasteiger partial charge in [0, 0.05) is 20.8 Å². The highest BCUT2D eigenvalue weighted by Crippen LogP contribution is 2.35. The number of thiophene rings is 1. The van der Waals surface area contributed by atoms with Gasteiger partial charge in [0.1, 0.15) is 0 Å². The van der Waals surface area contributed by atoms with Crippen molar-refractivity contribution in [2.75, 3.05) is 6.54 Å². The Hall–Kier alpha value is 0.140. The van der Waals surface area contributed by atoms with Gasteiger partial charge < -0.3 is 5.32 Å². The fourth-order valence-corrected chi connectivity index (χ4v) is 3.35. The molecule has 0 saturated heterocycles. The van der Waals surface area contributed by atoms with Crippen molar-refractivity contribution in [2.24, 2.45) is 5.92 Å². The number of hydrogen-bond donors (Lipinski definition) is 1. The number of halogens is 1. The van der Waals surface area contributed by atoms with Crippen LogP contribution in [0.15, 0.2) is 15.9 Å². The molecule has 1 nitrogen and oxygen atoms in total. The fourth-order valence-electron chi connectivity index (χ4n) is 1.84. The number of likely N-dealkylation sites (N-methyl/N-ethyl adjacent to an activating group) is 1. The molecule has 0 spiro atoms. The lowest BCUT2D eigenvalue weighted by atomic mass is 10.1. The molecular formula is C11H16BrNS. The van der Waals surface area contributed by atoms with Crippen molar-refractivity contribution in [2.45, 2.75) is 32.2 Å². The van der Waals surface area contributed by atoms with Crippen LogP contribution in [0.5, 0.6) is 0 Å². The van der Waals surface area contributed by atoms with Crippen molar-refractivity contribution in [1.29, 1.82) is 0 Å². The summed E-state index contributed by atoms with van der Waals surface area (Å²) in [5.74, 6) is 0.941. The van der Waals surface area contributed by atoms with E-state index in [4.69, 9.17) is 0 Å². The van der Waals surface area contributed by atoms with Crippen LogP contribution in [0.1, 0.15) is 24.6 Å². The van der Waals surface area contributed by atoms with Crippen LogP contribution >= 0.6 is 27.3 Å². The second-order valence-corrected chi connectivity index (χ2v) is 5.85. The van der Waals surface area contributed by atoms with Crippen LogP contribution in [-0.4, -0.2) is 12.6 Å². The van der Waals surface area contributed by atoms with Crippen LogP contribution < -0.4 is 5.32 Å². The maximum Gasteiger partial charge on any atom is 0.0285 e. The minimum atomic E-state index is 0.713. The van der Waals surface area contributed by atoms with Gasteiger partial charge in [-0.25, -0.2) is 0 Å². The van der Waals surface area contributed by atoms with E-state index in [1.807, 2.05) is 11.3 Å². The minimum absolute atomic E-state index is 0.713. The van der Waals surface area contributed by atoms with Crippen molar-refractivity contribution in [3.05, 3.63) is 20.8 Å². The van der Waals surface area contributed by atoms with Crippen LogP contribution in [0.4, 0.5) is 0 Å². The third-order valence-electron chi connectivity index (χ3n) is 2.70. The average Bonchev–Trinajstić information content (AvgIpc) is 2.91. The van der Waals surface area contributed by atoms with Crippen molar-refractivity contribution in [3.8, 4) is 0 Å². The first-order valence-corrected chi connectivity index (χ1v) is 6.93. The second-order valence-electron chi connectivity index (χ2n) is 3.94. The zero-order valence-corrected chi connectivity index (χ0v) is 10.8. The predicted octanol–water partition coefficient (Wildman–Crippen LogP) is 3.44. The smallest absolute Gasteiger partial charge is 0.0285 e. The molecule has 1 aliphatic carbocycles. The lowest BCUT2D eigenvalue weighted by molar-refractivity contribution is 0.475. The van der Waals surface area contributed by atoms with Crippen molar-refractivity contribution in [1.82, 2.24) is 5.32 Å². The molecule has 1 aromatic heterocycles. The highest BCUT2D eigenvalue weighted by molar-refractivity contribution is 9.10. The van der Waals surface area contributed by atoms with E-state index in [2.05, 4.69) is 39.6 Å². The summed E-state index contributed by atoms with van der Waals surface area (Å²) >= 11 is 5.37. The van der Waals surface area contributed by atoms with Crippen LogP contribution in [0, 0.1) is 5.92 Å². The molecule has 3 heteroatoms. The summed E-state index contributed by atoms with van der Waals surface area (Å²) in [5.41, 5.74) is 0. The molecule has 1 atom stereocenters. The molecular weight excluding hydrogens is 258 g/mol. The Balaban J connectivity index is 1.92. The van der Waals surface area contributed by atoms with E-state index < -0.39 is 0 Å². The summed E-state index contributed by atoms with van der Waals surface area (Å²) in [6.45, 7) is 3.29. The molecule has 0 aromatic carbocycles. The van der Waals surface area contributed by atoms with Crippen LogP contribution in [0.3, 0.4) is 0 Å². The van der Waals surface area contributed by atoms with E-state index in [0.29, 0.717) is 6.04 Å². The van der Waals surface area contributed by atoms with Gasteiger partial charge in [-0.05, 0) is 53.7 Å². The zero-order valence-electron chi connectivity index (χ0n) is 8.42. The molecule has 1 saturated carbocycles. The molecule has 1 fully saturated rings. The third kappa shape index (κ3) is 2.81. The summed E-state index contributed by atoms with van der Waals surface area (Å²) in [5, 5.41) is 5.77. The van der Waals surface area contributed by atoms with Crippen molar-refractivity contribution in [3.63, 3.8) is 0 Å². The SMILES string of the molecule is CCNC(Cc1cc(Br)cs1)C1CC1. The van der Waals surface area contributed by atoms with E-state index in [9.17, 15) is 0 Å². The topological polar surface area (TPSA) is 12.0 Å². The van der Waals surface area contributed by atoms with Crippen LogP contribution in [-0.2, 0) is 6.42 Å². The Labute approximate surface area is 98.0 Å². The van der Waals surface area contributed by atoms with Gasteiger partial charge in [0.25, 0.3) is 0 Å². The van der Waals surface area contributed by atoms with Gasteiger partial charge in [-0.1, -0.05) is 6.92 Å². The summed E-state index contributed by atoms with van der Waals surface area (Å²) in [7, 11) is 0. The van der Waals surface area contributed by atoms with Gasteiger partial charge in [-0.2, -0.15) is 0 Å². The molecule has 1 N–H and O–H groups in total. The fraction of sp³-hybridized carbons (Fsp3) is 0.636. The number of rotatable bonds is 5. The third-order valence-corrected chi connectivity index (χ3v) is 4.42. The molecule has 0 amide bonds. The van der Waals surface area contributed by atoms with Crippen LogP contribution in [0.25, 0.3) is 0 Å². The van der Waals surface area contributed by atoms with E-state index >= 15 is 0 Å². The maximum atomic E-state index is 3.59. The quantitative estimate of drug-likeness (QED) is 0.867. The zero-order chi connectivity index (χ0) is 9.97. The molecule has 1 aromatic rings. The van der Waals surface area contributed by atoms with Gasteiger partial charge in [0.15, 0.2) is 0 Å². The summed E-state index contributed by atoms with van der Waals surface area (Å²) < 4.78 is 1.23. The van der Waals surface area contributed by atoms with Crippen molar-refractivity contribution >= 4 is 27.3 Å². The van der Waals surface area contributed by atoms with Gasteiger partial charge in [-0.3, -0.25) is 0 Å². The Morgan fingerprint density at radius 2 is 2.43 bits per heavy atom. The lowest BCUT2D eigenvalue weighted by Gasteiger charge is -2.15. The highest BCUT2D eigenvalue weighted by atomic mass is 79.9. The van der Waals surface area contributed by atoms with Gasteiger partial charge in [-0.15, -0.1) is 11.3 Å². The van der Waals surface area contributed by atoms with Gasteiger partial charge in [0.05, 0.1) is 0 Å². The largest absolute Gasteiger partial charge is 0.314 e. The first-order chi connectivity index (χ1) is 6.79. The standard InChI is InChI=1S/C11H16BrNS/c1-2-13-11(8-3-4-8)6-10-5-9(12)7-14-10/h5,7-8,11,13H,2-4,6H2,1H3. The summed E-state index contributed by atoms with van der Waals surface area (Å²) in [6.07, 6.45) is 4.04. The molecule has 0 aliphatic heterocycles. The molecule has 2 rings (SSSR count). The minimum Gasteiger partial charge on any atom is -0.314 e. The molecule has 0 radical (unpaired) electrons. The first kappa shape index (κ1) is 10.7. The van der Waals surface area contributed by atoms with E-state index in [0.717, 1.165) is 12.5 Å². The van der Waals surface area contributed by atoms with E-state index in [1.165, 1.54) is 28.6 Å². The monoisotopic (exact) mass is 273 g/mol. The molecule has 0 bridgehead atoms. The van der Waals surface area contributed by atoms with E-state index in [-0.39, 0.29) is 0 Å².